The van der Waals surface area contributed by atoms with Crippen molar-refractivity contribution in [3.8, 4) is 0 Å². The third-order valence-electron chi connectivity index (χ3n) is 6.21. The maximum absolute atomic E-state index is 13.1. The molecule has 4 N–H and O–H groups in total. The first kappa shape index (κ1) is 26.9. The van der Waals surface area contributed by atoms with Gasteiger partial charge < -0.3 is 26.0 Å². The van der Waals surface area contributed by atoms with E-state index in [9.17, 15) is 14.4 Å². The lowest BCUT2D eigenvalue weighted by molar-refractivity contribution is -0.136. The van der Waals surface area contributed by atoms with E-state index >= 15 is 0 Å². The molecule has 0 radical (unpaired) electrons. The molecular weight excluding hydrogens is 504 g/mol. The largest absolute Gasteiger partial charge is 0.481 e. The van der Waals surface area contributed by atoms with Gasteiger partial charge in [-0.2, -0.15) is 0 Å². The van der Waals surface area contributed by atoms with Crippen LogP contribution < -0.4 is 20.9 Å². The summed E-state index contributed by atoms with van der Waals surface area (Å²) >= 11 is 6.14. The molecule has 38 heavy (non-hydrogen) atoms. The van der Waals surface area contributed by atoms with Crippen LogP contribution in [0.5, 0.6) is 0 Å². The van der Waals surface area contributed by atoms with E-state index in [1.54, 1.807) is 54.3 Å². The molecule has 0 atom stereocenters. The van der Waals surface area contributed by atoms with Crippen molar-refractivity contribution in [2.24, 2.45) is 0 Å². The summed E-state index contributed by atoms with van der Waals surface area (Å²) in [6.45, 7) is 2.95. The van der Waals surface area contributed by atoms with Crippen molar-refractivity contribution in [1.29, 1.82) is 0 Å². The van der Waals surface area contributed by atoms with E-state index in [0.717, 1.165) is 24.3 Å². The van der Waals surface area contributed by atoms with Crippen molar-refractivity contribution in [2.75, 3.05) is 35.7 Å². The first-order valence-electron chi connectivity index (χ1n) is 12.2. The number of hydrogen-bond donors (Lipinski definition) is 4. The molecule has 0 aliphatic carbocycles. The Morgan fingerprint density at radius 1 is 1.03 bits per heavy atom. The Morgan fingerprint density at radius 3 is 2.37 bits per heavy atom. The van der Waals surface area contributed by atoms with Gasteiger partial charge in [0.1, 0.15) is 0 Å². The van der Waals surface area contributed by atoms with Gasteiger partial charge in [0.25, 0.3) is 5.91 Å². The standard InChI is InChI=1S/C29H29ClN4O4/c1-18(35)34(15-3-14-31-2)23-11-9-22(10-12-23)32-28(20-6-4-19(5-7-20)16-26(36)37)27-24-13-8-21(30)17-25(24)33-29(27)38/h4-13,17,31-32H,3,14-16H2,1-2H3,(H,33,38)(H,36,37). The highest BCUT2D eigenvalue weighted by Gasteiger charge is 2.28. The van der Waals surface area contributed by atoms with Gasteiger partial charge in [-0.25, -0.2) is 0 Å². The van der Waals surface area contributed by atoms with Crippen LogP contribution in [0.4, 0.5) is 17.1 Å². The Morgan fingerprint density at radius 2 is 1.74 bits per heavy atom. The molecule has 0 saturated heterocycles. The summed E-state index contributed by atoms with van der Waals surface area (Å²) in [5.74, 6) is -1.23. The van der Waals surface area contributed by atoms with Crippen LogP contribution >= 0.6 is 11.6 Å². The zero-order chi connectivity index (χ0) is 27.2. The minimum atomic E-state index is -0.916. The van der Waals surface area contributed by atoms with E-state index in [4.69, 9.17) is 16.7 Å². The van der Waals surface area contributed by atoms with Gasteiger partial charge in [-0.3, -0.25) is 14.4 Å². The number of carbonyl (C=O) groups excluding carboxylic acids is 2. The SMILES string of the molecule is CNCCCN(C(C)=O)c1ccc(NC(=C2C(=O)Nc3cc(Cl)ccc32)c2ccc(CC(=O)O)cc2)cc1. The fourth-order valence-electron chi connectivity index (χ4n) is 4.39. The van der Waals surface area contributed by atoms with Crippen molar-refractivity contribution in [3.63, 3.8) is 0 Å². The molecule has 1 aliphatic heterocycles. The van der Waals surface area contributed by atoms with Crippen LogP contribution in [-0.4, -0.2) is 43.0 Å². The Kier molecular flexibility index (Phi) is 8.45. The number of anilines is 3. The highest BCUT2D eigenvalue weighted by molar-refractivity contribution is 6.38. The Bertz CT molecular complexity index is 1380. The van der Waals surface area contributed by atoms with Crippen LogP contribution in [0.2, 0.25) is 5.02 Å². The van der Waals surface area contributed by atoms with Crippen molar-refractivity contribution >= 4 is 57.7 Å². The average Bonchev–Trinajstić information content (AvgIpc) is 3.20. The third kappa shape index (κ3) is 6.22. The number of rotatable bonds is 10. The summed E-state index contributed by atoms with van der Waals surface area (Å²) in [7, 11) is 1.88. The van der Waals surface area contributed by atoms with Crippen molar-refractivity contribution in [3.05, 3.63) is 88.4 Å². The number of carboxylic acid groups (broad SMARTS) is 1. The molecule has 0 aromatic heterocycles. The van der Waals surface area contributed by atoms with Crippen molar-refractivity contribution < 1.29 is 19.5 Å². The summed E-state index contributed by atoms with van der Waals surface area (Å²) in [5.41, 5.74) is 5.22. The molecule has 196 valence electrons. The van der Waals surface area contributed by atoms with Gasteiger partial charge in [-0.15, -0.1) is 0 Å². The number of halogens is 1. The second-order valence-corrected chi connectivity index (χ2v) is 9.40. The predicted octanol–water partition coefficient (Wildman–Crippen LogP) is 4.86. The molecular formula is C29H29ClN4O4. The Balaban J connectivity index is 1.71. The first-order chi connectivity index (χ1) is 18.3. The van der Waals surface area contributed by atoms with Crippen LogP contribution in [-0.2, 0) is 20.8 Å². The van der Waals surface area contributed by atoms with Crippen molar-refractivity contribution in [2.45, 2.75) is 19.8 Å². The highest BCUT2D eigenvalue weighted by Crippen LogP contribution is 2.39. The molecule has 9 heteroatoms. The van der Waals surface area contributed by atoms with E-state index < -0.39 is 5.97 Å². The number of benzene rings is 3. The van der Waals surface area contributed by atoms with Gasteiger partial charge in [-0.05, 0) is 67.5 Å². The lowest BCUT2D eigenvalue weighted by Gasteiger charge is -2.22. The van der Waals surface area contributed by atoms with Gasteiger partial charge in [0.15, 0.2) is 0 Å². The van der Waals surface area contributed by atoms with Crippen LogP contribution in [0.1, 0.15) is 30.0 Å². The minimum absolute atomic E-state index is 0.0380. The molecule has 3 aromatic carbocycles. The topological polar surface area (TPSA) is 111 Å². The summed E-state index contributed by atoms with van der Waals surface area (Å²) in [6, 6.07) is 19.7. The third-order valence-corrected chi connectivity index (χ3v) is 6.45. The van der Waals surface area contributed by atoms with Crippen molar-refractivity contribution in [1.82, 2.24) is 5.32 Å². The highest BCUT2D eigenvalue weighted by atomic mass is 35.5. The maximum Gasteiger partial charge on any atom is 0.307 e. The van der Waals surface area contributed by atoms with E-state index in [1.807, 2.05) is 31.3 Å². The molecule has 1 aliphatic rings. The maximum atomic E-state index is 13.1. The molecule has 0 bridgehead atoms. The molecule has 0 unspecified atom stereocenters. The second kappa shape index (κ2) is 11.9. The summed E-state index contributed by atoms with van der Waals surface area (Å²) in [4.78, 5) is 38.2. The fourth-order valence-corrected chi connectivity index (χ4v) is 4.56. The van der Waals surface area contributed by atoms with Gasteiger partial charge in [0, 0.05) is 35.4 Å². The van der Waals surface area contributed by atoms with E-state index in [0.29, 0.717) is 45.2 Å². The normalized spacial score (nSPS) is 13.5. The zero-order valence-electron chi connectivity index (χ0n) is 21.2. The number of amides is 2. The summed E-state index contributed by atoms with van der Waals surface area (Å²) in [6.07, 6.45) is 0.729. The number of carboxylic acids is 1. The molecule has 0 fully saturated rings. The van der Waals surface area contributed by atoms with Crippen LogP contribution in [0, 0.1) is 0 Å². The smallest absolute Gasteiger partial charge is 0.307 e. The van der Waals surface area contributed by atoms with Crippen LogP contribution in [0.15, 0.2) is 66.7 Å². The van der Waals surface area contributed by atoms with E-state index in [-0.39, 0.29) is 18.2 Å². The second-order valence-electron chi connectivity index (χ2n) is 8.96. The lowest BCUT2D eigenvalue weighted by Crippen LogP contribution is -2.31. The van der Waals surface area contributed by atoms with Crippen LogP contribution in [0.3, 0.4) is 0 Å². The van der Waals surface area contributed by atoms with Gasteiger partial charge in [-0.1, -0.05) is 41.9 Å². The molecule has 0 spiro atoms. The Hall–Kier alpha value is -4.14. The zero-order valence-corrected chi connectivity index (χ0v) is 21.9. The molecule has 1 heterocycles. The molecule has 4 rings (SSSR count). The number of nitrogens with one attached hydrogen (secondary N) is 3. The van der Waals surface area contributed by atoms with Gasteiger partial charge in [0.2, 0.25) is 5.91 Å². The predicted molar refractivity (Wildman–Crippen MR) is 151 cm³/mol. The van der Waals surface area contributed by atoms with Gasteiger partial charge in [0.05, 0.1) is 23.4 Å². The molecule has 8 nitrogen and oxygen atoms in total. The lowest BCUT2D eigenvalue weighted by atomic mass is 9.98. The molecule has 2 amide bonds. The van der Waals surface area contributed by atoms with Crippen LogP contribution in [0.25, 0.3) is 11.3 Å². The molecule has 0 saturated carbocycles. The summed E-state index contributed by atoms with van der Waals surface area (Å²) in [5, 5.41) is 19.0. The first-order valence-corrected chi connectivity index (χ1v) is 12.6. The fraction of sp³-hybridized carbons (Fsp3) is 0.207. The number of aliphatic carboxylic acids is 1. The van der Waals surface area contributed by atoms with E-state index in [1.165, 1.54) is 0 Å². The quantitative estimate of drug-likeness (QED) is 0.219. The average molecular weight is 533 g/mol. The number of hydrogen-bond acceptors (Lipinski definition) is 5. The van der Waals surface area contributed by atoms with Gasteiger partial charge >= 0.3 is 5.97 Å². The summed E-state index contributed by atoms with van der Waals surface area (Å²) < 4.78 is 0. The molecule has 3 aromatic rings. The monoisotopic (exact) mass is 532 g/mol. The number of carbonyl (C=O) groups is 3. The minimum Gasteiger partial charge on any atom is -0.481 e. The number of nitrogens with zero attached hydrogens (tertiary/aromatic N) is 1. The number of fused-ring (bicyclic) bond motifs is 1. The Labute approximate surface area is 226 Å². The van der Waals surface area contributed by atoms with E-state index in [2.05, 4.69) is 16.0 Å².